The smallest absolute Gasteiger partial charge is 0.142 e. The molecule has 1 N–H and O–H groups in total. The van der Waals surface area contributed by atoms with Gasteiger partial charge in [-0.2, -0.15) is 0 Å². The molecule has 0 atom stereocenters. The van der Waals surface area contributed by atoms with Gasteiger partial charge in [-0.25, -0.2) is 4.39 Å². The lowest BCUT2D eigenvalue weighted by Crippen LogP contribution is -2.52. The molecule has 116 valence electrons. The van der Waals surface area contributed by atoms with Crippen molar-refractivity contribution < 1.29 is 4.39 Å². The summed E-state index contributed by atoms with van der Waals surface area (Å²) in [6.45, 7) is 4.08. The fourth-order valence-corrected chi connectivity index (χ4v) is 3.93. The minimum Gasteiger partial charge on any atom is -0.310 e. The Morgan fingerprint density at radius 2 is 2.00 bits per heavy atom. The van der Waals surface area contributed by atoms with Crippen LogP contribution in [0.1, 0.15) is 44.1 Å². The Labute approximate surface area is 131 Å². The van der Waals surface area contributed by atoms with Crippen molar-refractivity contribution in [2.45, 2.75) is 50.6 Å². The van der Waals surface area contributed by atoms with Gasteiger partial charge in [0, 0.05) is 18.6 Å². The first-order chi connectivity index (χ1) is 10.2. The predicted molar refractivity (Wildman–Crippen MR) is 85.1 cm³/mol. The summed E-state index contributed by atoms with van der Waals surface area (Å²) < 4.78 is 13.6. The zero-order valence-corrected chi connectivity index (χ0v) is 13.3. The minimum atomic E-state index is -0.311. The Kier molecular flexibility index (Phi) is 4.82. The Hall–Kier alpha value is -0.640. The average molecular weight is 311 g/mol. The van der Waals surface area contributed by atoms with Gasteiger partial charge in [0.1, 0.15) is 5.82 Å². The maximum atomic E-state index is 13.6. The molecule has 4 heteroatoms. The highest BCUT2D eigenvalue weighted by Crippen LogP contribution is 2.31. The quantitative estimate of drug-likeness (QED) is 0.889. The first-order valence-electron chi connectivity index (χ1n) is 8.08. The summed E-state index contributed by atoms with van der Waals surface area (Å²) in [5.74, 6) is -0.311. The van der Waals surface area contributed by atoms with E-state index in [9.17, 15) is 4.39 Å². The highest BCUT2D eigenvalue weighted by atomic mass is 35.5. The molecule has 2 nitrogen and oxygen atoms in total. The third-order valence-corrected chi connectivity index (χ3v) is 5.18. The van der Waals surface area contributed by atoms with Crippen molar-refractivity contribution in [1.29, 1.82) is 0 Å². The second-order valence-corrected chi connectivity index (χ2v) is 6.99. The molecule has 1 aromatic carbocycles. The maximum Gasteiger partial charge on any atom is 0.142 e. The van der Waals surface area contributed by atoms with E-state index >= 15 is 0 Å². The summed E-state index contributed by atoms with van der Waals surface area (Å²) in [4.78, 5) is 2.48. The largest absolute Gasteiger partial charge is 0.310 e. The molecule has 0 unspecified atom stereocenters. The van der Waals surface area contributed by atoms with Crippen LogP contribution in [0.3, 0.4) is 0 Å². The molecule has 0 aromatic heterocycles. The summed E-state index contributed by atoms with van der Waals surface area (Å²) in [7, 11) is 0. The van der Waals surface area contributed by atoms with Crippen LogP contribution in [-0.2, 0) is 6.54 Å². The fourth-order valence-electron chi connectivity index (χ4n) is 3.81. The molecule has 1 saturated heterocycles. The molecule has 0 radical (unpaired) electrons. The standard InChI is InChI=1S/C17H24ClFN2/c18-15-6-5-14(11-16(15)19)12-21-10-4-9-20-17(13-21)7-2-1-3-8-17/h5-6,11,20H,1-4,7-10,12-13H2. The van der Waals surface area contributed by atoms with Crippen LogP contribution in [0.15, 0.2) is 18.2 Å². The van der Waals surface area contributed by atoms with Gasteiger partial charge in [0.2, 0.25) is 0 Å². The summed E-state index contributed by atoms with van der Waals surface area (Å²) in [5, 5.41) is 4.00. The number of rotatable bonds is 2. The second-order valence-electron chi connectivity index (χ2n) is 6.58. The third kappa shape index (κ3) is 3.77. The van der Waals surface area contributed by atoms with E-state index in [0.717, 1.165) is 38.2 Å². The van der Waals surface area contributed by atoms with Gasteiger partial charge in [0.15, 0.2) is 0 Å². The van der Waals surface area contributed by atoms with E-state index in [1.165, 1.54) is 32.1 Å². The van der Waals surface area contributed by atoms with Gasteiger partial charge in [0.25, 0.3) is 0 Å². The van der Waals surface area contributed by atoms with Crippen LogP contribution in [-0.4, -0.2) is 30.1 Å². The van der Waals surface area contributed by atoms with Crippen molar-refractivity contribution in [3.8, 4) is 0 Å². The third-order valence-electron chi connectivity index (χ3n) is 4.88. The molecule has 1 aliphatic carbocycles. The Morgan fingerprint density at radius 3 is 2.76 bits per heavy atom. The Morgan fingerprint density at radius 1 is 1.19 bits per heavy atom. The second kappa shape index (κ2) is 6.64. The lowest BCUT2D eigenvalue weighted by molar-refractivity contribution is 0.159. The number of nitrogens with zero attached hydrogens (tertiary/aromatic N) is 1. The molecule has 1 spiro atoms. The molecule has 1 saturated carbocycles. The van der Waals surface area contributed by atoms with Crippen molar-refractivity contribution in [2.75, 3.05) is 19.6 Å². The summed E-state index contributed by atoms with van der Waals surface area (Å²) >= 11 is 5.77. The van der Waals surface area contributed by atoms with Crippen molar-refractivity contribution >= 4 is 11.6 Å². The Bertz CT molecular complexity index is 486. The van der Waals surface area contributed by atoms with Crippen LogP contribution in [0, 0.1) is 5.82 Å². The van der Waals surface area contributed by atoms with E-state index in [1.54, 1.807) is 12.1 Å². The van der Waals surface area contributed by atoms with Crippen molar-refractivity contribution in [1.82, 2.24) is 10.2 Å². The number of halogens is 2. The van der Waals surface area contributed by atoms with Crippen LogP contribution >= 0.6 is 11.6 Å². The van der Waals surface area contributed by atoms with Crippen LogP contribution in [0.5, 0.6) is 0 Å². The molecular formula is C17H24ClFN2. The number of hydrogen-bond acceptors (Lipinski definition) is 2. The highest BCUT2D eigenvalue weighted by Gasteiger charge is 2.34. The van der Waals surface area contributed by atoms with Gasteiger partial charge in [-0.05, 0) is 50.0 Å². The lowest BCUT2D eigenvalue weighted by Gasteiger charge is -2.40. The van der Waals surface area contributed by atoms with Crippen LogP contribution < -0.4 is 5.32 Å². The van der Waals surface area contributed by atoms with Gasteiger partial charge >= 0.3 is 0 Å². The zero-order chi connectivity index (χ0) is 14.7. The monoisotopic (exact) mass is 310 g/mol. The zero-order valence-electron chi connectivity index (χ0n) is 12.5. The van der Waals surface area contributed by atoms with E-state index in [0.29, 0.717) is 5.54 Å². The molecule has 0 amide bonds. The predicted octanol–water partition coefficient (Wildman–Crippen LogP) is 3.98. The van der Waals surface area contributed by atoms with E-state index in [1.807, 2.05) is 6.07 Å². The Balaban J connectivity index is 1.69. The molecule has 1 aliphatic heterocycles. The van der Waals surface area contributed by atoms with Gasteiger partial charge in [-0.15, -0.1) is 0 Å². The number of benzene rings is 1. The number of hydrogen-bond donors (Lipinski definition) is 1. The molecule has 3 rings (SSSR count). The van der Waals surface area contributed by atoms with Crippen LogP contribution in [0.4, 0.5) is 4.39 Å². The SMILES string of the molecule is Fc1cc(CN2CCCNC3(CCCCC3)C2)ccc1Cl. The molecule has 1 heterocycles. The van der Waals surface area contributed by atoms with Crippen molar-refractivity contribution in [2.24, 2.45) is 0 Å². The van der Waals surface area contributed by atoms with Crippen molar-refractivity contribution in [3.63, 3.8) is 0 Å². The minimum absolute atomic E-state index is 0.208. The van der Waals surface area contributed by atoms with Crippen molar-refractivity contribution in [3.05, 3.63) is 34.6 Å². The highest BCUT2D eigenvalue weighted by molar-refractivity contribution is 6.30. The van der Waals surface area contributed by atoms with Gasteiger partial charge in [-0.1, -0.05) is 36.9 Å². The molecule has 0 bridgehead atoms. The first-order valence-corrected chi connectivity index (χ1v) is 8.46. The summed E-state index contributed by atoms with van der Waals surface area (Å²) in [6, 6.07) is 5.18. The van der Waals surface area contributed by atoms with Crippen LogP contribution in [0.25, 0.3) is 0 Å². The summed E-state index contributed by atoms with van der Waals surface area (Å²) in [6.07, 6.45) is 7.74. The topological polar surface area (TPSA) is 15.3 Å². The first kappa shape index (κ1) is 15.3. The normalized spacial score (nSPS) is 23.1. The van der Waals surface area contributed by atoms with E-state index in [2.05, 4.69) is 10.2 Å². The van der Waals surface area contributed by atoms with Gasteiger partial charge in [-0.3, -0.25) is 4.90 Å². The molecular weight excluding hydrogens is 287 g/mol. The van der Waals surface area contributed by atoms with Gasteiger partial charge in [0.05, 0.1) is 5.02 Å². The molecule has 2 fully saturated rings. The van der Waals surface area contributed by atoms with Gasteiger partial charge < -0.3 is 5.32 Å². The van der Waals surface area contributed by atoms with E-state index in [4.69, 9.17) is 11.6 Å². The molecule has 2 aliphatic rings. The lowest BCUT2D eigenvalue weighted by atomic mass is 9.81. The van der Waals surface area contributed by atoms with E-state index < -0.39 is 0 Å². The maximum absolute atomic E-state index is 13.6. The van der Waals surface area contributed by atoms with E-state index in [-0.39, 0.29) is 10.8 Å². The molecule has 21 heavy (non-hydrogen) atoms. The van der Waals surface area contributed by atoms with Crippen LogP contribution in [0.2, 0.25) is 5.02 Å². The molecule has 1 aromatic rings. The summed E-state index contributed by atoms with van der Waals surface area (Å²) in [5.41, 5.74) is 1.31. The number of nitrogens with one attached hydrogen (secondary N) is 1. The fraction of sp³-hybridized carbons (Fsp3) is 0.647. The average Bonchev–Trinajstić information content (AvgIpc) is 2.66.